The number of rotatable bonds is 11. The smallest absolute Gasteiger partial charge is 0.296 e. The summed E-state index contributed by atoms with van der Waals surface area (Å²) in [5, 5.41) is 0. The van der Waals surface area contributed by atoms with Crippen molar-refractivity contribution in [3.63, 3.8) is 0 Å². The second kappa shape index (κ2) is 10.4. The van der Waals surface area contributed by atoms with Gasteiger partial charge in [-0.25, -0.2) is 0 Å². The maximum atomic E-state index is 12.5. The van der Waals surface area contributed by atoms with Crippen LogP contribution in [0.5, 0.6) is 5.75 Å². The fraction of sp³-hybridized carbons (Fsp3) is 0.538. The lowest BCUT2D eigenvalue weighted by Gasteiger charge is -2.21. The number of hydrogen-bond donors (Lipinski definition) is 0. The van der Waals surface area contributed by atoms with Gasteiger partial charge in [-0.1, -0.05) is 58.9 Å². The van der Waals surface area contributed by atoms with Crippen LogP contribution in [-0.4, -0.2) is 34.3 Å². The van der Waals surface area contributed by atoms with Gasteiger partial charge in [0.15, 0.2) is 0 Å². The first-order chi connectivity index (χ1) is 15.1. The Morgan fingerprint density at radius 2 is 1.62 bits per heavy atom. The van der Waals surface area contributed by atoms with E-state index in [1.165, 1.54) is 5.56 Å². The predicted octanol–water partition coefficient (Wildman–Crippen LogP) is 5.90. The summed E-state index contributed by atoms with van der Waals surface area (Å²) in [5.41, 5.74) is 2.21. The SMILES string of the molecule is CCC(CC(C)c1ccc(OCC2CO2)cc1)c1ccc(S(=O)(=O)OCC(C)(C)C)cc1. The van der Waals surface area contributed by atoms with Crippen LogP contribution in [0.15, 0.2) is 53.4 Å². The summed E-state index contributed by atoms with van der Waals surface area (Å²) in [5.74, 6) is 1.59. The van der Waals surface area contributed by atoms with Gasteiger partial charge in [-0.05, 0) is 65.5 Å². The van der Waals surface area contributed by atoms with Crippen LogP contribution in [0.4, 0.5) is 0 Å². The molecule has 0 radical (unpaired) electrons. The quantitative estimate of drug-likeness (QED) is 0.308. The molecule has 176 valence electrons. The average molecular weight is 461 g/mol. The summed E-state index contributed by atoms with van der Waals surface area (Å²) in [7, 11) is -3.74. The summed E-state index contributed by atoms with van der Waals surface area (Å²) in [6, 6.07) is 15.5. The minimum atomic E-state index is -3.74. The lowest BCUT2D eigenvalue weighted by atomic mass is 9.85. The second-order valence-corrected chi connectivity index (χ2v) is 11.5. The molecule has 0 aromatic heterocycles. The Kier molecular flexibility index (Phi) is 8.01. The molecule has 1 heterocycles. The van der Waals surface area contributed by atoms with E-state index in [-0.39, 0.29) is 23.0 Å². The third kappa shape index (κ3) is 7.32. The van der Waals surface area contributed by atoms with E-state index < -0.39 is 10.1 Å². The van der Waals surface area contributed by atoms with Crippen LogP contribution in [-0.2, 0) is 19.0 Å². The molecule has 2 aromatic carbocycles. The topological polar surface area (TPSA) is 65.1 Å². The van der Waals surface area contributed by atoms with E-state index in [0.717, 1.165) is 30.8 Å². The summed E-state index contributed by atoms with van der Waals surface area (Å²) < 4.78 is 41.1. The third-order valence-electron chi connectivity index (χ3n) is 5.71. The number of ether oxygens (including phenoxy) is 2. The molecule has 3 unspecified atom stereocenters. The molecule has 0 N–H and O–H groups in total. The lowest BCUT2D eigenvalue weighted by Crippen LogP contribution is -2.18. The molecule has 0 amide bonds. The molecule has 5 nitrogen and oxygen atoms in total. The Morgan fingerprint density at radius 1 is 1.03 bits per heavy atom. The van der Waals surface area contributed by atoms with E-state index in [4.69, 9.17) is 13.7 Å². The van der Waals surface area contributed by atoms with Crippen LogP contribution in [0.25, 0.3) is 0 Å². The first-order valence-corrected chi connectivity index (χ1v) is 12.8. The largest absolute Gasteiger partial charge is 0.491 e. The van der Waals surface area contributed by atoms with Crippen LogP contribution in [0.3, 0.4) is 0 Å². The number of epoxide rings is 1. The van der Waals surface area contributed by atoms with Crippen LogP contribution < -0.4 is 4.74 Å². The van der Waals surface area contributed by atoms with Crippen molar-refractivity contribution in [2.75, 3.05) is 19.8 Å². The highest BCUT2D eigenvalue weighted by molar-refractivity contribution is 7.86. The Balaban J connectivity index is 1.60. The summed E-state index contributed by atoms with van der Waals surface area (Å²) >= 11 is 0. The van der Waals surface area contributed by atoms with Gasteiger partial charge in [-0.15, -0.1) is 0 Å². The molecular formula is C26H36O5S. The Morgan fingerprint density at radius 3 is 2.16 bits per heavy atom. The molecule has 2 aromatic rings. The molecule has 32 heavy (non-hydrogen) atoms. The molecule has 3 rings (SSSR count). The molecular weight excluding hydrogens is 424 g/mol. The zero-order chi connectivity index (χ0) is 23.4. The summed E-state index contributed by atoms with van der Waals surface area (Å²) in [6.07, 6.45) is 2.23. The maximum Gasteiger partial charge on any atom is 0.296 e. The highest BCUT2D eigenvalue weighted by atomic mass is 32.2. The van der Waals surface area contributed by atoms with Crippen molar-refractivity contribution >= 4 is 10.1 Å². The van der Waals surface area contributed by atoms with Crippen LogP contribution in [0, 0.1) is 5.41 Å². The minimum Gasteiger partial charge on any atom is -0.491 e. The van der Waals surface area contributed by atoms with Crippen molar-refractivity contribution < 1.29 is 22.1 Å². The zero-order valence-electron chi connectivity index (χ0n) is 19.8. The monoisotopic (exact) mass is 460 g/mol. The van der Waals surface area contributed by atoms with Crippen LogP contribution in [0.1, 0.15) is 70.4 Å². The summed E-state index contributed by atoms with van der Waals surface area (Å²) in [4.78, 5) is 0.209. The standard InChI is InChI=1S/C26H36O5S/c1-6-20(15-19(2)21-7-11-23(12-8-21)29-16-24-17-30-24)22-9-13-25(14-10-22)32(27,28)31-18-26(3,4)5/h7-14,19-20,24H,6,15-18H2,1-5H3. The van der Waals surface area contributed by atoms with E-state index >= 15 is 0 Å². The van der Waals surface area contributed by atoms with Crippen molar-refractivity contribution in [3.05, 3.63) is 59.7 Å². The molecule has 1 fully saturated rings. The van der Waals surface area contributed by atoms with Gasteiger partial charge in [0.05, 0.1) is 18.1 Å². The van der Waals surface area contributed by atoms with Crippen LogP contribution in [0.2, 0.25) is 0 Å². The Bertz CT molecular complexity index is 955. The molecule has 0 spiro atoms. The molecule has 1 saturated heterocycles. The predicted molar refractivity (Wildman–Crippen MR) is 127 cm³/mol. The van der Waals surface area contributed by atoms with E-state index in [9.17, 15) is 8.42 Å². The fourth-order valence-electron chi connectivity index (χ4n) is 3.58. The second-order valence-electron chi connectivity index (χ2n) is 9.92. The van der Waals surface area contributed by atoms with Crippen molar-refractivity contribution in [2.45, 2.75) is 70.3 Å². The number of benzene rings is 2. The first-order valence-electron chi connectivity index (χ1n) is 11.4. The van der Waals surface area contributed by atoms with Gasteiger partial charge in [0, 0.05) is 0 Å². The maximum absolute atomic E-state index is 12.5. The number of hydrogen-bond acceptors (Lipinski definition) is 5. The first kappa shape index (κ1) is 24.7. The van der Waals surface area contributed by atoms with Gasteiger partial charge in [-0.3, -0.25) is 4.18 Å². The normalized spacial score (nSPS) is 18.2. The van der Waals surface area contributed by atoms with E-state index in [0.29, 0.717) is 18.4 Å². The fourth-order valence-corrected chi connectivity index (χ4v) is 4.69. The highest BCUT2D eigenvalue weighted by Gasteiger charge is 2.23. The molecule has 1 aliphatic heterocycles. The molecule has 1 aliphatic rings. The van der Waals surface area contributed by atoms with Crippen molar-refractivity contribution in [3.8, 4) is 5.75 Å². The van der Waals surface area contributed by atoms with Crippen molar-refractivity contribution in [1.29, 1.82) is 0 Å². The van der Waals surface area contributed by atoms with Gasteiger partial charge in [0.1, 0.15) is 18.5 Å². The minimum absolute atomic E-state index is 0.157. The van der Waals surface area contributed by atoms with E-state index in [2.05, 4.69) is 26.0 Å². The highest BCUT2D eigenvalue weighted by Crippen LogP contribution is 2.33. The lowest BCUT2D eigenvalue weighted by molar-refractivity contribution is 0.203. The van der Waals surface area contributed by atoms with Gasteiger partial charge in [0.25, 0.3) is 10.1 Å². The molecule has 6 heteroatoms. The van der Waals surface area contributed by atoms with Crippen molar-refractivity contribution in [1.82, 2.24) is 0 Å². The van der Waals surface area contributed by atoms with Gasteiger partial charge in [-0.2, -0.15) is 8.42 Å². The molecule has 3 atom stereocenters. The van der Waals surface area contributed by atoms with Crippen molar-refractivity contribution in [2.24, 2.45) is 5.41 Å². The summed E-state index contributed by atoms with van der Waals surface area (Å²) in [6.45, 7) is 11.8. The van der Waals surface area contributed by atoms with Crippen LogP contribution >= 0.6 is 0 Å². The molecule has 0 aliphatic carbocycles. The Hall–Kier alpha value is -1.89. The molecule has 0 saturated carbocycles. The van der Waals surface area contributed by atoms with Gasteiger partial charge >= 0.3 is 0 Å². The Labute approximate surface area is 193 Å². The average Bonchev–Trinajstić information content (AvgIpc) is 3.59. The van der Waals surface area contributed by atoms with Gasteiger partial charge in [0.2, 0.25) is 0 Å². The third-order valence-corrected chi connectivity index (χ3v) is 6.98. The van der Waals surface area contributed by atoms with Gasteiger partial charge < -0.3 is 9.47 Å². The van der Waals surface area contributed by atoms with E-state index in [1.807, 2.05) is 45.0 Å². The molecule has 0 bridgehead atoms. The van der Waals surface area contributed by atoms with E-state index in [1.54, 1.807) is 12.1 Å². The zero-order valence-corrected chi connectivity index (χ0v) is 20.7.